The molecule has 0 heterocycles. The molecule has 3 N–H and O–H groups in total. The number of hydrogen-bond donors (Lipinski definition) is 1. The van der Waals surface area contributed by atoms with Gasteiger partial charge in [-0.25, -0.2) is 0 Å². The summed E-state index contributed by atoms with van der Waals surface area (Å²) < 4.78 is 4.84. The third-order valence-electron chi connectivity index (χ3n) is 1.49. The first-order valence-electron chi connectivity index (χ1n) is 3.34. The second kappa shape index (κ2) is 3.13. The van der Waals surface area contributed by atoms with Crippen LogP contribution in [0.5, 0.6) is 5.75 Å². The van der Waals surface area contributed by atoms with Gasteiger partial charge in [-0.1, -0.05) is 0 Å². The van der Waals surface area contributed by atoms with Crippen LogP contribution in [0.1, 0.15) is 10.4 Å². The van der Waals surface area contributed by atoms with Crippen LogP contribution in [0.4, 0.5) is 5.69 Å². The number of methoxy groups -OCH3 is 1. The summed E-state index contributed by atoms with van der Waals surface area (Å²) in [5.74, 6) is -0.167. The molecule has 0 bridgehead atoms. The zero-order valence-corrected chi connectivity index (χ0v) is 6.63. The van der Waals surface area contributed by atoms with Gasteiger partial charge in [-0.3, -0.25) is 10.5 Å². The SMILES string of the molecule is COc1cc(C(N)=O)ccc1[NH]. The lowest BCUT2D eigenvalue weighted by atomic mass is 10.2. The van der Waals surface area contributed by atoms with Crippen molar-refractivity contribution in [1.29, 1.82) is 0 Å². The highest BCUT2D eigenvalue weighted by Gasteiger charge is 2.04. The molecular formula is C8H9N2O2. The van der Waals surface area contributed by atoms with Crippen LogP contribution < -0.4 is 16.2 Å². The molecule has 4 nitrogen and oxygen atoms in total. The molecule has 4 heteroatoms. The van der Waals surface area contributed by atoms with Crippen LogP contribution in [-0.4, -0.2) is 13.0 Å². The molecule has 0 atom stereocenters. The van der Waals surface area contributed by atoms with E-state index in [-0.39, 0.29) is 5.69 Å². The van der Waals surface area contributed by atoms with Gasteiger partial charge in [0.25, 0.3) is 0 Å². The first kappa shape index (κ1) is 8.39. The van der Waals surface area contributed by atoms with Crippen molar-refractivity contribution in [3.05, 3.63) is 23.8 Å². The van der Waals surface area contributed by atoms with Crippen LogP contribution >= 0.6 is 0 Å². The fourth-order valence-electron chi connectivity index (χ4n) is 0.844. The molecule has 0 aliphatic carbocycles. The Morgan fingerprint density at radius 3 is 2.75 bits per heavy atom. The van der Waals surface area contributed by atoms with Gasteiger partial charge in [-0.05, 0) is 18.2 Å². The summed E-state index contributed by atoms with van der Waals surface area (Å²) in [6.07, 6.45) is 0. The van der Waals surface area contributed by atoms with Crippen molar-refractivity contribution in [3.8, 4) is 5.75 Å². The molecule has 1 rings (SSSR count). The lowest BCUT2D eigenvalue weighted by Gasteiger charge is -2.03. The summed E-state index contributed by atoms with van der Waals surface area (Å²) >= 11 is 0. The quantitative estimate of drug-likeness (QED) is 0.700. The van der Waals surface area contributed by atoms with Crippen molar-refractivity contribution in [2.24, 2.45) is 5.73 Å². The number of primary amides is 1. The van der Waals surface area contributed by atoms with Gasteiger partial charge in [0.1, 0.15) is 5.75 Å². The third-order valence-corrected chi connectivity index (χ3v) is 1.49. The largest absolute Gasteiger partial charge is 0.494 e. The summed E-state index contributed by atoms with van der Waals surface area (Å²) in [6, 6.07) is 4.41. The topological polar surface area (TPSA) is 76.1 Å². The van der Waals surface area contributed by atoms with Crippen LogP contribution in [-0.2, 0) is 0 Å². The molecule has 63 valence electrons. The Kier molecular flexibility index (Phi) is 2.19. The Bertz CT molecular complexity index is 310. The molecule has 0 aromatic heterocycles. The first-order valence-corrected chi connectivity index (χ1v) is 3.34. The van der Waals surface area contributed by atoms with E-state index >= 15 is 0 Å². The zero-order chi connectivity index (χ0) is 9.14. The number of rotatable bonds is 2. The molecule has 0 aliphatic rings. The molecule has 1 aromatic rings. The minimum Gasteiger partial charge on any atom is -0.494 e. The fraction of sp³-hybridized carbons (Fsp3) is 0.125. The van der Waals surface area contributed by atoms with Gasteiger partial charge in [-0.2, -0.15) is 0 Å². The Labute approximate surface area is 70.1 Å². The molecule has 1 aromatic carbocycles. The van der Waals surface area contributed by atoms with Gasteiger partial charge < -0.3 is 10.5 Å². The average molecular weight is 165 g/mol. The van der Waals surface area contributed by atoms with Gasteiger partial charge in [0.05, 0.1) is 12.8 Å². The van der Waals surface area contributed by atoms with E-state index in [4.69, 9.17) is 16.2 Å². The van der Waals surface area contributed by atoms with Crippen molar-refractivity contribution in [1.82, 2.24) is 5.73 Å². The predicted octanol–water partition coefficient (Wildman–Crippen LogP) is 0.708. The van der Waals surface area contributed by atoms with Crippen LogP contribution in [0, 0.1) is 0 Å². The fourth-order valence-corrected chi connectivity index (χ4v) is 0.844. The maximum absolute atomic E-state index is 10.7. The minimum absolute atomic E-state index is 0.238. The van der Waals surface area contributed by atoms with Crippen LogP contribution in [0.15, 0.2) is 18.2 Å². The van der Waals surface area contributed by atoms with E-state index in [9.17, 15) is 4.79 Å². The molecule has 0 saturated heterocycles. The number of carbonyl (C=O) groups excluding carboxylic acids is 1. The summed E-state index contributed by atoms with van der Waals surface area (Å²) in [5, 5.41) is 0. The molecule has 0 spiro atoms. The monoisotopic (exact) mass is 165 g/mol. The number of carbonyl (C=O) groups is 1. The first-order chi connectivity index (χ1) is 5.65. The molecule has 0 saturated carbocycles. The third kappa shape index (κ3) is 1.47. The summed E-state index contributed by atoms with van der Waals surface area (Å²) in [4.78, 5) is 10.7. The second-order valence-electron chi connectivity index (χ2n) is 2.28. The summed E-state index contributed by atoms with van der Waals surface area (Å²) in [7, 11) is 1.44. The normalized spacial score (nSPS) is 9.42. The van der Waals surface area contributed by atoms with Crippen molar-refractivity contribution < 1.29 is 9.53 Å². The molecule has 1 radical (unpaired) electrons. The number of nitrogens with one attached hydrogen (secondary N) is 1. The molecule has 0 aliphatic heterocycles. The van der Waals surface area contributed by atoms with Gasteiger partial charge >= 0.3 is 0 Å². The van der Waals surface area contributed by atoms with Crippen LogP contribution in [0.2, 0.25) is 0 Å². The van der Waals surface area contributed by atoms with Crippen molar-refractivity contribution in [2.45, 2.75) is 0 Å². The lowest BCUT2D eigenvalue weighted by molar-refractivity contribution is 0.1000. The number of ether oxygens (including phenoxy) is 1. The highest BCUT2D eigenvalue weighted by Crippen LogP contribution is 2.22. The second-order valence-corrected chi connectivity index (χ2v) is 2.28. The molecule has 1 amide bonds. The van der Waals surface area contributed by atoms with Gasteiger partial charge in [0, 0.05) is 5.56 Å². The standard InChI is InChI=1S/C8H9N2O2/c1-12-7-4-5(8(10)11)2-3-6(7)9/h2-4,9H,1H3,(H2,10,11). The number of hydrogen-bond acceptors (Lipinski definition) is 2. The van der Waals surface area contributed by atoms with Crippen molar-refractivity contribution in [3.63, 3.8) is 0 Å². The van der Waals surface area contributed by atoms with Gasteiger partial charge in [0.15, 0.2) is 0 Å². The molecular weight excluding hydrogens is 156 g/mol. The summed E-state index contributed by atoms with van der Waals surface area (Å²) in [5.41, 5.74) is 13.0. The number of benzene rings is 1. The Hall–Kier alpha value is -1.71. The Morgan fingerprint density at radius 2 is 2.25 bits per heavy atom. The van der Waals surface area contributed by atoms with Gasteiger partial charge in [-0.15, -0.1) is 0 Å². The van der Waals surface area contributed by atoms with E-state index in [0.29, 0.717) is 11.3 Å². The Morgan fingerprint density at radius 1 is 1.58 bits per heavy atom. The van der Waals surface area contributed by atoms with Gasteiger partial charge in [0.2, 0.25) is 5.91 Å². The van der Waals surface area contributed by atoms with E-state index in [2.05, 4.69) is 0 Å². The van der Waals surface area contributed by atoms with Crippen molar-refractivity contribution >= 4 is 11.6 Å². The maximum Gasteiger partial charge on any atom is 0.248 e. The minimum atomic E-state index is -0.520. The predicted molar refractivity (Wildman–Crippen MR) is 44.3 cm³/mol. The zero-order valence-electron chi connectivity index (χ0n) is 6.63. The lowest BCUT2D eigenvalue weighted by Crippen LogP contribution is -2.10. The number of amides is 1. The van der Waals surface area contributed by atoms with E-state index < -0.39 is 5.91 Å². The van der Waals surface area contributed by atoms with E-state index in [1.165, 1.54) is 25.3 Å². The van der Waals surface area contributed by atoms with Crippen molar-refractivity contribution in [2.75, 3.05) is 7.11 Å². The molecule has 0 fully saturated rings. The van der Waals surface area contributed by atoms with Crippen LogP contribution in [0.3, 0.4) is 0 Å². The van der Waals surface area contributed by atoms with E-state index in [1.807, 2.05) is 0 Å². The van der Waals surface area contributed by atoms with E-state index in [1.54, 1.807) is 0 Å². The number of nitrogens with two attached hydrogens (primary N) is 1. The van der Waals surface area contributed by atoms with Crippen LogP contribution in [0.25, 0.3) is 0 Å². The van der Waals surface area contributed by atoms with E-state index in [0.717, 1.165) is 0 Å². The highest BCUT2D eigenvalue weighted by molar-refractivity contribution is 5.93. The maximum atomic E-state index is 10.7. The highest BCUT2D eigenvalue weighted by atomic mass is 16.5. The summed E-state index contributed by atoms with van der Waals surface area (Å²) in [6.45, 7) is 0. The molecule has 0 unspecified atom stereocenters. The molecule has 12 heavy (non-hydrogen) atoms. The Balaban J connectivity index is 3.13. The average Bonchev–Trinajstić information content (AvgIpc) is 2.05. The smallest absolute Gasteiger partial charge is 0.248 e.